The minimum Gasteiger partial charge on any atom is -0.493 e. The van der Waals surface area contributed by atoms with Gasteiger partial charge in [0.15, 0.2) is 0 Å². The van der Waals surface area contributed by atoms with Crippen molar-refractivity contribution in [2.45, 2.75) is 38.5 Å². The highest BCUT2D eigenvalue weighted by molar-refractivity contribution is 5.85. The van der Waals surface area contributed by atoms with Gasteiger partial charge in [0.05, 0.1) is 13.0 Å². The molecule has 0 aliphatic carbocycles. The van der Waals surface area contributed by atoms with E-state index in [9.17, 15) is 4.79 Å². The Morgan fingerprint density at radius 2 is 1.83 bits per heavy atom. The summed E-state index contributed by atoms with van der Waals surface area (Å²) in [6.45, 7) is 4.58. The predicted octanol–water partition coefficient (Wildman–Crippen LogP) is 3.26. The van der Waals surface area contributed by atoms with Gasteiger partial charge >= 0.3 is 0 Å². The van der Waals surface area contributed by atoms with Gasteiger partial charge in [0.25, 0.3) is 0 Å². The van der Waals surface area contributed by atoms with E-state index in [0.717, 1.165) is 38.3 Å². The molecule has 1 aromatic carbocycles. The molecule has 0 atom stereocenters. The van der Waals surface area contributed by atoms with Gasteiger partial charge in [-0.1, -0.05) is 18.2 Å². The van der Waals surface area contributed by atoms with E-state index in [-0.39, 0.29) is 18.3 Å². The molecule has 3 rings (SSSR count). The van der Waals surface area contributed by atoms with Crippen LogP contribution in [-0.2, 0) is 4.79 Å². The molecule has 1 N–H and O–H groups in total. The number of rotatable bonds is 4. The highest BCUT2D eigenvalue weighted by Crippen LogP contribution is 2.39. The maximum absolute atomic E-state index is 12.4. The lowest BCUT2D eigenvalue weighted by Gasteiger charge is -2.37. The highest BCUT2D eigenvalue weighted by Gasteiger charge is 2.34. The molecule has 1 aromatic rings. The topological polar surface area (TPSA) is 41.6 Å². The summed E-state index contributed by atoms with van der Waals surface area (Å²) in [4.78, 5) is 14.5. The van der Waals surface area contributed by atoms with E-state index >= 15 is 0 Å². The van der Waals surface area contributed by atoms with Gasteiger partial charge in [-0.25, -0.2) is 0 Å². The summed E-state index contributed by atoms with van der Waals surface area (Å²) < 4.78 is 5.65. The number of likely N-dealkylation sites (tertiary alicyclic amines) is 1. The van der Waals surface area contributed by atoms with Crippen LogP contribution in [0.1, 0.15) is 38.5 Å². The van der Waals surface area contributed by atoms with Gasteiger partial charge in [-0.2, -0.15) is 0 Å². The van der Waals surface area contributed by atoms with Gasteiger partial charge in [-0.05, 0) is 62.7 Å². The van der Waals surface area contributed by atoms with Crippen LogP contribution in [0.25, 0.3) is 0 Å². The summed E-state index contributed by atoms with van der Waals surface area (Å²) in [5.41, 5.74) is 0.487. The molecule has 1 spiro atoms. The minimum atomic E-state index is 0. The Kier molecular flexibility index (Phi) is 7.38. The van der Waals surface area contributed by atoms with E-state index in [4.69, 9.17) is 4.74 Å². The molecule has 4 nitrogen and oxygen atoms in total. The second kappa shape index (κ2) is 9.28. The number of carbonyl (C=O) groups excluding carboxylic acids is 1. The van der Waals surface area contributed by atoms with E-state index in [0.29, 0.717) is 18.4 Å². The zero-order chi connectivity index (χ0) is 16.0. The third kappa shape index (κ3) is 5.12. The normalized spacial score (nSPS) is 20.1. The molecule has 2 heterocycles. The average molecular weight is 353 g/mol. The second-order valence-electron chi connectivity index (χ2n) is 6.90. The van der Waals surface area contributed by atoms with Crippen molar-refractivity contribution in [1.29, 1.82) is 0 Å². The van der Waals surface area contributed by atoms with Crippen LogP contribution in [0.3, 0.4) is 0 Å². The monoisotopic (exact) mass is 352 g/mol. The summed E-state index contributed by atoms with van der Waals surface area (Å²) in [6.07, 6.45) is 6.60. The van der Waals surface area contributed by atoms with Crippen molar-refractivity contribution < 1.29 is 9.53 Å². The summed E-state index contributed by atoms with van der Waals surface area (Å²) in [5, 5.41) is 3.46. The standard InChI is InChI=1S/C19H28N2O2.ClH/c22-18(7-16-23-17-5-2-1-3-6-17)21-14-4-8-19(11-15-21)9-12-20-13-10-19;/h1-3,5-6,20H,4,7-16H2;1H. The summed E-state index contributed by atoms with van der Waals surface area (Å²) >= 11 is 0. The number of ether oxygens (including phenoxy) is 1. The molecule has 1 amide bonds. The first-order valence-electron chi connectivity index (χ1n) is 8.94. The molecule has 0 aromatic heterocycles. The molecule has 0 bridgehead atoms. The highest BCUT2D eigenvalue weighted by atomic mass is 35.5. The molecular weight excluding hydrogens is 324 g/mol. The number of hydrogen-bond donors (Lipinski definition) is 1. The molecule has 0 radical (unpaired) electrons. The smallest absolute Gasteiger partial charge is 0.225 e. The second-order valence-corrected chi connectivity index (χ2v) is 6.90. The van der Waals surface area contributed by atoms with E-state index in [2.05, 4.69) is 10.2 Å². The number of piperidine rings is 1. The molecule has 134 valence electrons. The van der Waals surface area contributed by atoms with Gasteiger partial charge in [0.1, 0.15) is 5.75 Å². The third-order valence-electron chi connectivity index (χ3n) is 5.39. The predicted molar refractivity (Wildman–Crippen MR) is 98.8 cm³/mol. The number of para-hydroxylation sites is 1. The molecule has 2 fully saturated rings. The number of carbonyl (C=O) groups is 1. The summed E-state index contributed by atoms with van der Waals surface area (Å²) in [7, 11) is 0. The number of nitrogens with zero attached hydrogens (tertiary/aromatic N) is 1. The van der Waals surface area contributed by atoms with Crippen molar-refractivity contribution in [2.75, 3.05) is 32.8 Å². The Morgan fingerprint density at radius 3 is 2.58 bits per heavy atom. The maximum atomic E-state index is 12.4. The fourth-order valence-electron chi connectivity index (χ4n) is 3.89. The zero-order valence-electron chi connectivity index (χ0n) is 14.3. The Labute approximate surface area is 151 Å². The van der Waals surface area contributed by atoms with Crippen LogP contribution < -0.4 is 10.1 Å². The molecule has 5 heteroatoms. The van der Waals surface area contributed by atoms with Gasteiger partial charge in [-0.15, -0.1) is 12.4 Å². The summed E-state index contributed by atoms with van der Waals surface area (Å²) in [6, 6.07) is 9.72. The van der Waals surface area contributed by atoms with Gasteiger partial charge in [0, 0.05) is 13.1 Å². The molecule has 24 heavy (non-hydrogen) atoms. The molecule has 0 saturated carbocycles. The molecule has 0 unspecified atom stereocenters. The Bertz CT molecular complexity index is 503. The van der Waals surface area contributed by atoms with Crippen LogP contribution in [0.15, 0.2) is 30.3 Å². The lowest BCUT2D eigenvalue weighted by Crippen LogP contribution is -2.38. The van der Waals surface area contributed by atoms with Crippen LogP contribution in [0.2, 0.25) is 0 Å². The Balaban J connectivity index is 0.00000208. The first kappa shape index (κ1) is 19.1. The average Bonchev–Trinajstić information content (AvgIpc) is 2.79. The lowest BCUT2D eigenvalue weighted by atomic mass is 9.73. The maximum Gasteiger partial charge on any atom is 0.225 e. The fraction of sp³-hybridized carbons (Fsp3) is 0.632. The van der Waals surface area contributed by atoms with Crippen LogP contribution >= 0.6 is 12.4 Å². The van der Waals surface area contributed by atoms with Crippen LogP contribution in [0.4, 0.5) is 0 Å². The first-order valence-corrected chi connectivity index (χ1v) is 8.94. The van der Waals surface area contributed by atoms with E-state index in [1.807, 2.05) is 30.3 Å². The van der Waals surface area contributed by atoms with Crippen molar-refractivity contribution in [3.05, 3.63) is 30.3 Å². The van der Waals surface area contributed by atoms with Gasteiger partial charge in [-0.3, -0.25) is 4.79 Å². The van der Waals surface area contributed by atoms with Crippen LogP contribution in [0, 0.1) is 5.41 Å². The van der Waals surface area contributed by atoms with Crippen molar-refractivity contribution in [3.63, 3.8) is 0 Å². The van der Waals surface area contributed by atoms with Crippen molar-refractivity contribution in [1.82, 2.24) is 10.2 Å². The van der Waals surface area contributed by atoms with Gasteiger partial charge < -0.3 is 15.0 Å². The number of nitrogens with one attached hydrogen (secondary N) is 1. The van der Waals surface area contributed by atoms with Crippen molar-refractivity contribution in [2.24, 2.45) is 5.41 Å². The van der Waals surface area contributed by atoms with E-state index in [1.54, 1.807) is 0 Å². The SMILES string of the molecule is Cl.O=C(CCOc1ccccc1)N1CCCC2(CCNCC2)CC1. The third-order valence-corrected chi connectivity index (χ3v) is 5.39. The molecule has 2 aliphatic heterocycles. The van der Waals surface area contributed by atoms with Crippen LogP contribution in [-0.4, -0.2) is 43.6 Å². The number of halogens is 1. The lowest BCUT2D eigenvalue weighted by molar-refractivity contribution is -0.131. The largest absolute Gasteiger partial charge is 0.493 e. The van der Waals surface area contributed by atoms with Gasteiger partial charge in [0.2, 0.25) is 5.91 Å². The van der Waals surface area contributed by atoms with E-state index in [1.165, 1.54) is 25.7 Å². The van der Waals surface area contributed by atoms with Crippen molar-refractivity contribution >= 4 is 18.3 Å². The number of hydrogen-bond acceptors (Lipinski definition) is 3. The fourth-order valence-corrected chi connectivity index (χ4v) is 3.89. The first-order chi connectivity index (χ1) is 11.3. The number of benzene rings is 1. The van der Waals surface area contributed by atoms with E-state index < -0.39 is 0 Å². The zero-order valence-corrected chi connectivity index (χ0v) is 15.2. The minimum absolute atomic E-state index is 0. The quantitative estimate of drug-likeness (QED) is 0.904. The molecule has 2 saturated heterocycles. The molecular formula is C19H29ClN2O2. The Morgan fingerprint density at radius 1 is 1.08 bits per heavy atom. The Hall–Kier alpha value is -1.26. The summed E-state index contributed by atoms with van der Waals surface area (Å²) in [5.74, 6) is 1.08. The number of amides is 1. The van der Waals surface area contributed by atoms with Crippen molar-refractivity contribution in [3.8, 4) is 5.75 Å². The molecule has 2 aliphatic rings. The van der Waals surface area contributed by atoms with Crippen LogP contribution in [0.5, 0.6) is 5.75 Å².